The van der Waals surface area contributed by atoms with Crippen molar-refractivity contribution in [3.05, 3.63) is 29.3 Å². The Hall–Kier alpha value is -2.10. The number of carbonyl (C=O) groups is 1. The molecule has 0 aromatic heterocycles. The van der Waals surface area contributed by atoms with Gasteiger partial charge in [0.25, 0.3) is 0 Å². The Morgan fingerprint density at radius 2 is 2.12 bits per heavy atom. The first-order valence-corrected chi connectivity index (χ1v) is 4.83. The number of benzene rings is 1. The highest BCUT2D eigenvalue weighted by atomic mass is 16.4. The average molecular weight is 236 g/mol. The molecule has 2 atom stereocenters. The summed E-state index contributed by atoms with van der Waals surface area (Å²) in [5.74, 6) is -1.29. The van der Waals surface area contributed by atoms with E-state index in [0.29, 0.717) is 0 Å². The summed E-state index contributed by atoms with van der Waals surface area (Å²) in [6.07, 6.45) is -3.10. The zero-order chi connectivity index (χ0) is 13.0. The van der Waals surface area contributed by atoms with Crippen molar-refractivity contribution in [2.24, 2.45) is 0 Å². The summed E-state index contributed by atoms with van der Waals surface area (Å²) in [5, 5.41) is 36.6. The third-order valence-electron chi connectivity index (χ3n) is 2.33. The zero-order valence-electron chi connectivity index (χ0n) is 8.87. The molecule has 0 heterocycles. The van der Waals surface area contributed by atoms with E-state index in [-0.39, 0.29) is 23.2 Å². The van der Waals surface area contributed by atoms with Crippen LogP contribution < -0.4 is 5.73 Å². The van der Waals surface area contributed by atoms with Crippen LogP contribution in [0, 0.1) is 11.3 Å². The fraction of sp³-hybridized carbons (Fsp3) is 0.273. The van der Waals surface area contributed by atoms with Crippen molar-refractivity contribution < 1.29 is 20.1 Å². The summed E-state index contributed by atoms with van der Waals surface area (Å²) in [6.45, 7) is 0. The largest absolute Gasteiger partial charge is 0.478 e. The first-order chi connectivity index (χ1) is 7.99. The molecule has 1 aromatic rings. The molecule has 6 heteroatoms. The number of aliphatic hydroxyl groups excluding tert-OH is 2. The molecule has 90 valence electrons. The molecule has 0 bridgehead atoms. The van der Waals surface area contributed by atoms with Gasteiger partial charge >= 0.3 is 5.97 Å². The van der Waals surface area contributed by atoms with Gasteiger partial charge in [-0.2, -0.15) is 5.26 Å². The van der Waals surface area contributed by atoms with Gasteiger partial charge in [-0.15, -0.1) is 0 Å². The number of carboxylic acids is 1. The fourth-order valence-corrected chi connectivity index (χ4v) is 1.49. The van der Waals surface area contributed by atoms with Crippen molar-refractivity contribution in [1.82, 2.24) is 0 Å². The Balaban J connectivity index is 3.18. The number of hydrogen-bond acceptors (Lipinski definition) is 5. The van der Waals surface area contributed by atoms with Crippen molar-refractivity contribution >= 4 is 11.7 Å². The van der Waals surface area contributed by atoms with Crippen LogP contribution in [0.2, 0.25) is 0 Å². The fourth-order valence-electron chi connectivity index (χ4n) is 1.49. The zero-order valence-corrected chi connectivity index (χ0v) is 8.87. The summed E-state index contributed by atoms with van der Waals surface area (Å²) in [6, 6.07) is 5.90. The molecule has 0 fully saturated rings. The molecule has 0 amide bonds. The van der Waals surface area contributed by atoms with Gasteiger partial charge in [0.05, 0.1) is 24.2 Å². The molecule has 2 unspecified atom stereocenters. The van der Waals surface area contributed by atoms with Gasteiger partial charge in [-0.25, -0.2) is 4.79 Å². The van der Waals surface area contributed by atoms with Crippen molar-refractivity contribution in [3.63, 3.8) is 0 Å². The number of rotatable bonds is 4. The first-order valence-electron chi connectivity index (χ1n) is 4.83. The Bertz CT molecular complexity index is 467. The van der Waals surface area contributed by atoms with Gasteiger partial charge < -0.3 is 21.1 Å². The van der Waals surface area contributed by atoms with Gasteiger partial charge in [0.1, 0.15) is 6.10 Å². The average Bonchev–Trinajstić information content (AvgIpc) is 2.27. The number of aromatic carboxylic acids is 1. The highest BCUT2D eigenvalue weighted by molar-refractivity contribution is 5.95. The molecule has 0 aliphatic rings. The number of nitrogen functional groups attached to an aromatic ring is 1. The lowest BCUT2D eigenvalue weighted by Crippen LogP contribution is -2.20. The molecule has 0 aliphatic heterocycles. The second-order valence-corrected chi connectivity index (χ2v) is 3.49. The van der Waals surface area contributed by atoms with E-state index in [2.05, 4.69) is 0 Å². The van der Waals surface area contributed by atoms with Gasteiger partial charge in [-0.05, 0) is 11.6 Å². The topological polar surface area (TPSA) is 128 Å². The van der Waals surface area contributed by atoms with Gasteiger partial charge in [0.15, 0.2) is 0 Å². The third-order valence-corrected chi connectivity index (χ3v) is 2.33. The predicted molar refractivity (Wildman–Crippen MR) is 59.0 cm³/mol. The number of nitriles is 1. The third kappa shape index (κ3) is 2.72. The number of anilines is 1. The number of nitrogens with zero attached hydrogens (tertiary/aromatic N) is 1. The maximum absolute atomic E-state index is 11.0. The number of hydrogen-bond donors (Lipinski definition) is 4. The lowest BCUT2D eigenvalue weighted by molar-refractivity contribution is 0.0206. The molecule has 1 rings (SSSR count). The number of nitrogens with two attached hydrogens (primary N) is 1. The molecule has 0 spiro atoms. The van der Waals surface area contributed by atoms with E-state index in [0.717, 1.165) is 0 Å². The van der Waals surface area contributed by atoms with E-state index in [1.165, 1.54) is 18.2 Å². The van der Waals surface area contributed by atoms with E-state index in [1.54, 1.807) is 6.07 Å². The molecular weight excluding hydrogens is 224 g/mol. The molecule has 17 heavy (non-hydrogen) atoms. The van der Waals surface area contributed by atoms with E-state index >= 15 is 0 Å². The molecule has 6 nitrogen and oxygen atoms in total. The van der Waals surface area contributed by atoms with Gasteiger partial charge in [0.2, 0.25) is 0 Å². The monoisotopic (exact) mass is 236 g/mol. The van der Waals surface area contributed by atoms with Crippen LogP contribution in [0.15, 0.2) is 18.2 Å². The predicted octanol–water partition coefficient (Wildman–Crippen LogP) is 0.275. The Morgan fingerprint density at radius 3 is 2.65 bits per heavy atom. The van der Waals surface area contributed by atoms with Crippen LogP contribution in [0.1, 0.15) is 28.4 Å². The van der Waals surface area contributed by atoms with Crippen LogP contribution in [0.25, 0.3) is 0 Å². The second-order valence-electron chi connectivity index (χ2n) is 3.49. The van der Waals surface area contributed by atoms with E-state index in [4.69, 9.17) is 16.1 Å². The van der Waals surface area contributed by atoms with E-state index in [9.17, 15) is 15.0 Å². The van der Waals surface area contributed by atoms with Gasteiger partial charge in [-0.3, -0.25) is 0 Å². The summed E-state index contributed by atoms with van der Waals surface area (Å²) in [7, 11) is 0. The highest BCUT2D eigenvalue weighted by Gasteiger charge is 2.24. The molecule has 0 aliphatic carbocycles. The lowest BCUT2D eigenvalue weighted by atomic mass is 9.96. The minimum Gasteiger partial charge on any atom is -0.478 e. The number of aliphatic hydroxyl groups is 2. The minimum atomic E-state index is -1.45. The molecule has 0 radical (unpaired) electrons. The van der Waals surface area contributed by atoms with Crippen LogP contribution in [0.3, 0.4) is 0 Å². The van der Waals surface area contributed by atoms with E-state index < -0.39 is 18.2 Å². The molecule has 5 N–H and O–H groups in total. The van der Waals surface area contributed by atoms with Crippen molar-refractivity contribution in [3.8, 4) is 6.07 Å². The molecule has 1 aromatic carbocycles. The minimum absolute atomic E-state index is 0.000231. The van der Waals surface area contributed by atoms with Crippen molar-refractivity contribution in [2.75, 3.05) is 5.73 Å². The molecule has 0 saturated heterocycles. The lowest BCUT2D eigenvalue weighted by Gasteiger charge is -2.18. The molecular formula is C11H12N2O4. The number of carboxylic acid groups (broad SMARTS) is 1. The Kier molecular flexibility index (Phi) is 4.04. The quantitative estimate of drug-likeness (QED) is 0.556. The van der Waals surface area contributed by atoms with Crippen LogP contribution in [0.5, 0.6) is 0 Å². The second kappa shape index (κ2) is 5.30. The van der Waals surface area contributed by atoms with Crippen LogP contribution in [-0.2, 0) is 0 Å². The smallest absolute Gasteiger partial charge is 0.338 e. The maximum atomic E-state index is 11.0. The summed E-state index contributed by atoms with van der Waals surface area (Å²) in [5.41, 5.74) is 5.24. The maximum Gasteiger partial charge on any atom is 0.338 e. The SMILES string of the molecule is N#CCC(O)C(O)c1cccc(N)c1C(=O)O. The van der Waals surface area contributed by atoms with E-state index in [1.807, 2.05) is 0 Å². The van der Waals surface area contributed by atoms with Crippen molar-refractivity contribution in [1.29, 1.82) is 5.26 Å². The highest BCUT2D eigenvalue weighted by Crippen LogP contribution is 2.26. The summed E-state index contributed by atoms with van der Waals surface area (Å²) < 4.78 is 0. The summed E-state index contributed by atoms with van der Waals surface area (Å²) in [4.78, 5) is 11.0. The first kappa shape index (κ1) is 13.0. The van der Waals surface area contributed by atoms with Crippen molar-refractivity contribution in [2.45, 2.75) is 18.6 Å². The van der Waals surface area contributed by atoms with Gasteiger partial charge in [-0.1, -0.05) is 12.1 Å². The normalized spacial score (nSPS) is 13.7. The van der Waals surface area contributed by atoms with Crippen LogP contribution in [0.4, 0.5) is 5.69 Å². The summed E-state index contributed by atoms with van der Waals surface area (Å²) >= 11 is 0. The molecule has 0 saturated carbocycles. The van der Waals surface area contributed by atoms with Gasteiger partial charge in [0, 0.05) is 5.69 Å². The Labute approximate surface area is 97.5 Å². The standard InChI is InChI=1S/C11H12N2O4/c12-5-4-8(14)10(15)6-2-1-3-7(13)9(6)11(16)17/h1-3,8,10,14-15H,4,13H2,(H,16,17). The van der Waals surface area contributed by atoms with Crippen LogP contribution in [-0.4, -0.2) is 27.4 Å². The Morgan fingerprint density at radius 1 is 1.47 bits per heavy atom. The van der Waals surface area contributed by atoms with Crippen LogP contribution >= 0.6 is 0 Å².